The van der Waals surface area contributed by atoms with Crippen molar-refractivity contribution in [1.82, 2.24) is 0 Å². The van der Waals surface area contributed by atoms with E-state index in [9.17, 15) is 0 Å². The van der Waals surface area contributed by atoms with E-state index in [-0.39, 0.29) is 28.5 Å². The van der Waals surface area contributed by atoms with Crippen LogP contribution < -0.4 is 5.46 Å². The van der Waals surface area contributed by atoms with E-state index in [1.807, 2.05) is 13.0 Å². The van der Waals surface area contributed by atoms with Crippen LogP contribution >= 0.6 is 11.6 Å². The molecule has 4 heteroatoms. The van der Waals surface area contributed by atoms with Crippen molar-refractivity contribution in [2.24, 2.45) is 0 Å². The molecule has 0 amide bonds. The molecule has 1 aromatic rings. The average molecular weight is 313 g/mol. The average Bonchev–Trinajstić information content (AvgIpc) is 2.11. The Morgan fingerprint density at radius 3 is 2.62 bits per heavy atom. The summed E-state index contributed by atoms with van der Waals surface area (Å²) in [5.74, 6) is 0. The summed E-state index contributed by atoms with van der Waals surface area (Å²) >= 11 is 5.88. The molecule has 1 rings (SSSR count). The van der Waals surface area contributed by atoms with Crippen molar-refractivity contribution in [3.63, 3.8) is 0 Å². The van der Waals surface area contributed by atoms with Crippen molar-refractivity contribution in [1.29, 1.82) is 0 Å². The molecule has 0 unspecified atom stereocenters. The van der Waals surface area contributed by atoms with Crippen molar-refractivity contribution < 1.29 is 27.1 Å². The van der Waals surface area contributed by atoms with Crippen LogP contribution in [-0.2, 0) is 33.5 Å². The number of ether oxygens (including phenoxy) is 1. The SMILES string of the molecule is [B]c1cc(Cl)cc(C)c1C[C@H]([CH2-])OC[CH2-].[Nb+2]. The molecule has 16 heavy (non-hydrogen) atoms. The van der Waals surface area contributed by atoms with Gasteiger partial charge in [0.15, 0.2) is 0 Å². The largest absolute Gasteiger partial charge is 2.00 e. The third-order valence-electron chi connectivity index (χ3n) is 2.26. The monoisotopic (exact) mass is 313 g/mol. The summed E-state index contributed by atoms with van der Waals surface area (Å²) in [4.78, 5) is 0. The fourth-order valence-corrected chi connectivity index (χ4v) is 1.81. The first kappa shape index (κ1) is 16.3. The number of benzene rings is 1. The van der Waals surface area contributed by atoms with Gasteiger partial charge in [0.05, 0.1) is 0 Å². The van der Waals surface area contributed by atoms with Crippen molar-refractivity contribution in [3.8, 4) is 0 Å². The predicted octanol–water partition coefficient (Wildman–Crippen LogP) is 2.04. The number of hydrogen-bond donors (Lipinski definition) is 0. The molecule has 0 aliphatic rings. The zero-order chi connectivity index (χ0) is 11.4. The molecule has 0 saturated heterocycles. The van der Waals surface area contributed by atoms with Gasteiger partial charge < -0.3 is 18.6 Å². The summed E-state index contributed by atoms with van der Waals surface area (Å²) in [6, 6.07) is 3.64. The topological polar surface area (TPSA) is 9.23 Å². The van der Waals surface area contributed by atoms with Gasteiger partial charge in [0, 0.05) is 5.02 Å². The quantitative estimate of drug-likeness (QED) is 0.610. The van der Waals surface area contributed by atoms with E-state index < -0.39 is 0 Å². The van der Waals surface area contributed by atoms with Gasteiger partial charge in [-0.3, -0.25) is 0 Å². The van der Waals surface area contributed by atoms with E-state index in [1.165, 1.54) is 0 Å². The van der Waals surface area contributed by atoms with Gasteiger partial charge in [-0.05, 0) is 25.0 Å². The van der Waals surface area contributed by atoms with Crippen molar-refractivity contribution in [3.05, 3.63) is 42.1 Å². The minimum absolute atomic E-state index is 0. The van der Waals surface area contributed by atoms with E-state index in [4.69, 9.17) is 24.2 Å². The Bertz CT molecular complexity index is 321. The van der Waals surface area contributed by atoms with Gasteiger partial charge in [-0.1, -0.05) is 41.4 Å². The summed E-state index contributed by atoms with van der Waals surface area (Å²) in [7, 11) is 5.88. The Hall–Kier alpha value is 0.275. The minimum atomic E-state index is -0.121. The standard InChI is InChI=1S/C12H14BClO.Nb/c1-4-15-9(3)6-11-8(2)5-10(14)7-12(11)13;/h5,7,9H,1,3-4,6H2,2H3;/q-2;+2/t9-;/m0./s1. The first-order valence-corrected chi connectivity index (χ1v) is 5.20. The molecule has 0 heterocycles. The maximum absolute atomic E-state index is 5.88. The van der Waals surface area contributed by atoms with Crippen molar-refractivity contribution in [2.45, 2.75) is 19.4 Å². The summed E-state index contributed by atoms with van der Waals surface area (Å²) in [5.41, 5.74) is 2.82. The summed E-state index contributed by atoms with van der Waals surface area (Å²) in [5, 5.41) is 0.660. The van der Waals surface area contributed by atoms with Crippen LogP contribution in [0.1, 0.15) is 11.1 Å². The van der Waals surface area contributed by atoms with Crippen LogP contribution in [0.15, 0.2) is 12.1 Å². The number of hydrogen-bond acceptors (Lipinski definition) is 1. The van der Waals surface area contributed by atoms with Gasteiger partial charge >= 0.3 is 22.4 Å². The molecule has 0 fully saturated rings. The molecule has 1 aromatic carbocycles. The van der Waals surface area contributed by atoms with Crippen LogP contribution in [0.25, 0.3) is 0 Å². The van der Waals surface area contributed by atoms with Gasteiger partial charge in [-0.15, -0.1) is 0 Å². The fourth-order valence-electron chi connectivity index (χ4n) is 1.53. The zero-order valence-corrected chi connectivity index (χ0v) is 12.3. The van der Waals surface area contributed by atoms with Crippen LogP contribution in [0.4, 0.5) is 0 Å². The predicted molar refractivity (Wildman–Crippen MR) is 65.7 cm³/mol. The second-order valence-electron chi connectivity index (χ2n) is 3.49. The maximum Gasteiger partial charge on any atom is 2.00 e. The van der Waals surface area contributed by atoms with Gasteiger partial charge in [-0.25, -0.2) is 0 Å². The summed E-state index contributed by atoms with van der Waals surface area (Å²) in [6.07, 6.45) is 0.564. The third-order valence-corrected chi connectivity index (χ3v) is 2.48. The molecule has 3 radical (unpaired) electrons. The second-order valence-corrected chi connectivity index (χ2v) is 3.92. The molecule has 0 bridgehead atoms. The summed E-state index contributed by atoms with van der Waals surface area (Å²) in [6.45, 7) is 9.89. The molecule has 0 N–H and O–H groups in total. The maximum atomic E-state index is 5.88. The Balaban J connectivity index is 0.00000225. The third kappa shape index (κ3) is 4.64. The van der Waals surface area contributed by atoms with Crippen molar-refractivity contribution >= 4 is 24.9 Å². The smallest absolute Gasteiger partial charge is 0.442 e. The molecule has 0 saturated carbocycles. The fraction of sp³-hybridized carbons (Fsp3) is 0.333. The molecule has 0 aromatic heterocycles. The number of rotatable bonds is 4. The molecule has 0 aliphatic heterocycles. The van der Waals surface area contributed by atoms with Crippen molar-refractivity contribution in [2.75, 3.05) is 6.61 Å². The number of aryl methyl sites for hydroxylation is 1. The first-order chi connectivity index (χ1) is 7.04. The molecule has 0 aliphatic carbocycles. The Labute approximate surface area is 120 Å². The molecular formula is C12H14BClNbO. The zero-order valence-electron chi connectivity index (χ0n) is 9.37. The van der Waals surface area contributed by atoms with E-state index >= 15 is 0 Å². The molecular weight excluding hydrogens is 299 g/mol. The van der Waals surface area contributed by atoms with E-state index in [1.54, 1.807) is 6.07 Å². The van der Waals surface area contributed by atoms with E-state index in [0.717, 1.165) is 11.1 Å². The molecule has 0 spiro atoms. The Morgan fingerprint density at radius 1 is 1.50 bits per heavy atom. The summed E-state index contributed by atoms with van der Waals surface area (Å²) < 4.78 is 5.28. The molecule has 1 nitrogen and oxygen atoms in total. The second kappa shape index (κ2) is 7.57. The van der Waals surface area contributed by atoms with Gasteiger partial charge in [-0.2, -0.15) is 0 Å². The van der Waals surface area contributed by atoms with Crippen LogP contribution in [-0.4, -0.2) is 20.6 Å². The van der Waals surface area contributed by atoms with E-state index in [2.05, 4.69) is 13.8 Å². The van der Waals surface area contributed by atoms with Crippen LogP contribution in [0, 0.1) is 20.8 Å². The van der Waals surface area contributed by atoms with Crippen LogP contribution in [0.2, 0.25) is 5.02 Å². The Morgan fingerprint density at radius 2 is 2.12 bits per heavy atom. The van der Waals surface area contributed by atoms with Gasteiger partial charge in [0.1, 0.15) is 7.85 Å². The molecule has 1 atom stereocenters. The van der Waals surface area contributed by atoms with E-state index in [0.29, 0.717) is 23.5 Å². The molecule has 83 valence electrons. The first-order valence-electron chi connectivity index (χ1n) is 4.83. The van der Waals surface area contributed by atoms with Gasteiger partial charge in [0.25, 0.3) is 0 Å². The van der Waals surface area contributed by atoms with Crippen LogP contribution in [0.5, 0.6) is 0 Å². The Kier molecular flexibility index (Phi) is 7.70. The van der Waals surface area contributed by atoms with Gasteiger partial charge in [0.2, 0.25) is 0 Å². The minimum Gasteiger partial charge on any atom is -0.442 e. The van der Waals surface area contributed by atoms with Crippen LogP contribution in [0.3, 0.4) is 0 Å². The normalized spacial score (nSPS) is 12.0. The number of halogens is 1.